The second-order valence-electron chi connectivity index (χ2n) is 11.8. The average molecular weight is 717 g/mol. The number of carbonyl (C=O) groups excluding carboxylic acids is 3. The molecule has 0 spiro atoms. The molecule has 0 unspecified atom stereocenters. The Bertz CT molecular complexity index is 2140. The molecule has 5 N–H and O–H groups in total. The molecule has 5 rings (SSSR count). The number of hydrogen-bond acceptors (Lipinski definition) is 5. The molecule has 0 aliphatic rings. The zero-order valence-electron chi connectivity index (χ0n) is 28.2. The third kappa shape index (κ3) is 9.50. The molecular weight excluding hydrogens is 680 g/mol. The molecule has 0 saturated carbocycles. The Labute approximate surface area is 296 Å². The van der Waals surface area contributed by atoms with Crippen LogP contribution in [0.15, 0.2) is 84.2 Å². The monoisotopic (exact) mass is 716 g/mol. The normalized spacial score (nSPS) is 11.9. The molecule has 0 atom stereocenters. The van der Waals surface area contributed by atoms with E-state index >= 15 is 0 Å². The number of carbonyl (C=O) groups is 3. The minimum absolute atomic E-state index is 0.0319. The summed E-state index contributed by atoms with van der Waals surface area (Å²) in [5.74, 6) is -1.91. The number of fused-ring (bicyclic) bond motifs is 1. The summed E-state index contributed by atoms with van der Waals surface area (Å²) >= 11 is 0. The molecule has 270 valence electrons. The van der Waals surface area contributed by atoms with Gasteiger partial charge in [0.05, 0.1) is 29.3 Å². The molecule has 0 saturated heterocycles. The fourth-order valence-corrected chi connectivity index (χ4v) is 5.57. The first-order valence-electron chi connectivity index (χ1n) is 16.1. The number of pyridine rings is 1. The maximum atomic E-state index is 13.4. The van der Waals surface area contributed by atoms with Gasteiger partial charge in [-0.2, -0.15) is 0 Å². The standard InChI is InChI=1S/C37H36F4N8O3/c1-48-20-26(46-36(51)24-11-9-22(10-12-24)7-8-23-15-25-5-3-4-6-28(25)43-17-23)16-30(48)37(52)47-29-21-49(2)34(35(42)50)27(29)13-14-33(44-18-31(38)39)45-19-32(40)41/h3-12,15-17,20-21,31-32H,13-14,18-19H2,1-2H3,(H2,42,50)(H,44,45)(H,46,51)(H,47,52)/b8-7+. The lowest BCUT2D eigenvalue weighted by Gasteiger charge is -2.12. The van der Waals surface area contributed by atoms with Crippen molar-refractivity contribution in [3.63, 3.8) is 0 Å². The highest BCUT2D eigenvalue weighted by Crippen LogP contribution is 2.26. The van der Waals surface area contributed by atoms with E-state index in [9.17, 15) is 31.9 Å². The zero-order chi connectivity index (χ0) is 37.4. The molecule has 3 amide bonds. The van der Waals surface area contributed by atoms with Crippen LogP contribution in [0.25, 0.3) is 23.1 Å². The SMILES string of the molecule is Cn1cc(NC(=O)c2ccc(/C=C/c3cnc4ccccc4c3)cc2)cc1C(=O)Nc1cn(C)c(C(N)=O)c1CCC(=NCC(F)F)NCC(F)F. The maximum Gasteiger partial charge on any atom is 0.272 e. The molecule has 5 aromatic rings. The second kappa shape index (κ2) is 16.6. The molecule has 0 aliphatic heterocycles. The molecule has 11 nitrogen and oxygen atoms in total. The number of aliphatic imine (C=N–C) groups is 1. The molecule has 0 fully saturated rings. The highest BCUT2D eigenvalue weighted by atomic mass is 19.3. The quantitative estimate of drug-likeness (QED) is 0.0620. The summed E-state index contributed by atoms with van der Waals surface area (Å²) in [6, 6.07) is 18.3. The molecule has 0 bridgehead atoms. The van der Waals surface area contributed by atoms with Gasteiger partial charge in [0, 0.05) is 55.6 Å². The van der Waals surface area contributed by atoms with Crippen LogP contribution >= 0.6 is 0 Å². The second-order valence-corrected chi connectivity index (χ2v) is 11.8. The first-order chi connectivity index (χ1) is 24.9. The number of alkyl halides is 4. The van der Waals surface area contributed by atoms with Gasteiger partial charge >= 0.3 is 0 Å². The van der Waals surface area contributed by atoms with Crippen molar-refractivity contribution in [3.8, 4) is 0 Å². The third-order valence-electron chi connectivity index (χ3n) is 8.01. The number of para-hydroxylation sites is 1. The number of aromatic nitrogens is 3. The van der Waals surface area contributed by atoms with Gasteiger partial charge in [0.2, 0.25) is 0 Å². The number of hydrogen-bond donors (Lipinski definition) is 4. The van der Waals surface area contributed by atoms with Gasteiger partial charge in [-0.05, 0) is 47.9 Å². The largest absolute Gasteiger partial charge is 0.368 e. The third-order valence-corrected chi connectivity index (χ3v) is 8.01. The van der Waals surface area contributed by atoms with Gasteiger partial charge in [0.15, 0.2) is 0 Å². The lowest BCUT2D eigenvalue weighted by atomic mass is 10.1. The van der Waals surface area contributed by atoms with Gasteiger partial charge in [0.25, 0.3) is 30.6 Å². The Morgan fingerprint density at radius 2 is 1.62 bits per heavy atom. The minimum atomic E-state index is -2.79. The molecule has 15 heteroatoms. The van der Waals surface area contributed by atoms with Crippen LogP contribution in [0.4, 0.5) is 28.9 Å². The lowest BCUT2D eigenvalue weighted by Crippen LogP contribution is -2.30. The topological polar surface area (TPSA) is 148 Å². The first-order valence-corrected chi connectivity index (χ1v) is 16.1. The van der Waals surface area contributed by atoms with E-state index in [0.717, 1.165) is 22.0 Å². The van der Waals surface area contributed by atoms with Crippen LogP contribution < -0.4 is 21.7 Å². The Kier molecular flexibility index (Phi) is 11.8. The molecule has 52 heavy (non-hydrogen) atoms. The fraction of sp³-hybridized carbons (Fsp3) is 0.216. The van der Waals surface area contributed by atoms with E-state index in [-0.39, 0.29) is 41.3 Å². The number of rotatable bonds is 14. The Balaban J connectivity index is 1.25. The van der Waals surface area contributed by atoms with E-state index in [1.807, 2.05) is 54.6 Å². The van der Waals surface area contributed by atoms with Gasteiger partial charge in [-0.15, -0.1) is 0 Å². The summed E-state index contributed by atoms with van der Waals surface area (Å²) in [4.78, 5) is 46.9. The average Bonchev–Trinajstić information content (AvgIpc) is 3.64. The zero-order valence-corrected chi connectivity index (χ0v) is 28.2. The van der Waals surface area contributed by atoms with Crippen molar-refractivity contribution in [2.75, 3.05) is 23.7 Å². The van der Waals surface area contributed by atoms with Crippen LogP contribution in [0.5, 0.6) is 0 Å². The molecule has 2 aromatic carbocycles. The van der Waals surface area contributed by atoms with Crippen molar-refractivity contribution in [1.82, 2.24) is 19.4 Å². The van der Waals surface area contributed by atoms with E-state index in [4.69, 9.17) is 5.73 Å². The number of nitrogens with two attached hydrogens (primary N) is 1. The van der Waals surface area contributed by atoms with Gasteiger partial charge < -0.3 is 30.8 Å². The first kappa shape index (κ1) is 37.0. The number of nitrogens with one attached hydrogen (secondary N) is 3. The number of primary amides is 1. The molecule has 3 heterocycles. The predicted molar refractivity (Wildman–Crippen MR) is 193 cm³/mol. The molecular formula is C37H36F4N8O3. The van der Waals surface area contributed by atoms with Gasteiger partial charge in [-0.1, -0.05) is 42.5 Å². The minimum Gasteiger partial charge on any atom is -0.368 e. The van der Waals surface area contributed by atoms with Crippen LogP contribution in [0.2, 0.25) is 0 Å². The molecule has 3 aromatic heterocycles. The number of benzene rings is 2. The number of aryl methyl sites for hydroxylation is 2. The number of halogens is 4. The summed E-state index contributed by atoms with van der Waals surface area (Å²) in [7, 11) is 3.14. The van der Waals surface area contributed by atoms with Crippen LogP contribution in [0.3, 0.4) is 0 Å². The number of amides is 3. The van der Waals surface area contributed by atoms with Gasteiger partial charge in [0.1, 0.15) is 17.9 Å². The van der Waals surface area contributed by atoms with Crippen LogP contribution in [0, 0.1) is 0 Å². The summed E-state index contributed by atoms with van der Waals surface area (Å²) in [6.07, 6.45) is 2.96. The maximum absolute atomic E-state index is 13.4. The summed E-state index contributed by atoms with van der Waals surface area (Å²) in [5, 5.41) is 8.91. The number of amidine groups is 1. The van der Waals surface area contributed by atoms with Crippen LogP contribution in [-0.4, -0.2) is 63.6 Å². The van der Waals surface area contributed by atoms with Crippen molar-refractivity contribution in [3.05, 3.63) is 113 Å². The van der Waals surface area contributed by atoms with E-state index in [2.05, 4.69) is 25.9 Å². The molecule has 0 aliphatic carbocycles. The van der Waals surface area contributed by atoms with Crippen molar-refractivity contribution < 1.29 is 31.9 Å². The smallest absolute Gasteiger partial charge is 0.272 e. The van der Waals surface area contributed by atoms with Crippen molar-refractivity contribution in [2.45, 2.75) is 25.7 Å². The highest BCUT2D eigenvalue weighted by molar-refractivity contribution is 6.08. The highest BCUT2D eigenvalue weighted by Gasteiger charge is 2.22. The Hall–Kier alpha value is -6.25. The van der Waals surface area contributed by atoms with Gasteiger partial charge in [-0.25, -0.2) is 17.6 Å². The van der Waals surface area contributed by atoms with Gasteiger partial charge in [-0.3, -0.25) is 24.4 Å². The Morgan fingerprint density at radius 1 is 0.885 bits per heavy atom. The lowest BCUT2D eigenvalue weighted by molar-refractivity contribution is 0.0987. The fourth-order valence-electron chi connectivity index (χ4n) is 5.57. The van der Waals surface area contributed by atoms with E-state index in [1.54, 1.807) is 31.6 Å². The predicted octanol–water partition coefficient (Wildman–Crippen LogP) is 6.14. The van der Waals surface area contributed by atoms with Crippen LogP contribution in [-0.2, 0) is 20.5 Å². The van der Waals surface area contributed by atoms with Crippen molar-refractivity contribution >= 4 is 58.0 Å². The van der Waals surface area contributed by atoms with E-state index in [1.165, 1.54) is 28.4 Å². The van der Waals surface area contributed by atoms with Crippen LogP contribution in [0.1, 0.15) is 54.4 Å². The van der Waals surface area contributed by atoms with Crippen molar-refractivity contribution in [2.24, 2.45) is 24.8 Å². The summed E-state index contributed by atoms with van der Waals surface area (Å²) in [6.45, 7) is -1.70. The number of nitrogens with zero attached hydrogens (tertiary/aromatic N) is 4. The summed E-state index contributed by atoms with van der Waals surface area (Å²) in [5.41, 5.74) is 9.72. The van der Waals surface area contributed by atoms with E-state index in [0.29, 0.717) is 11.3 Å². The van der Waals surface area contributed by atoms with E-state index < -0.39 is 43.7 Å². The summed E-state index contributed by atoms with van der Waals surface area (Å²) < 4.78 is 54.1. The molecule has 0 radical (unpaired) electrons. The Morgan fingerprint density at radius 3 is 2.33 bits per heavy atom. The number of anilines is 2. The van der Waals surface area contributed by atoms with Crippen molar-refractivity contribution in [1.29, 1.82) is 0 Å².